The van der Waals surface area contributed by atoms with Gasteiger partial charge in [-0.25, -0.2) is 0 Å². The Morgan fingerprint density at radius 3 is 2.59 bits per heavy atom. The maximum absolute atomic E-state index is 11.9. The Morgan fingerprint density at radius 2 is 2.00 bits per heavy atom. The normalized spacial score (nSPS) is 10.7. The van der Waals surface area contributed by atoms with Crippen molar-refractivity contribution in [1.29, 1.82) is 0 Å². The van der Waals surface area contributed by atoms with Crippen molar-refractivity contribution >= 4 is 29.3 Å². The number of aromatic nitrogens is 2. The van der Waals surface area contributed by atoms with Crippen molar-refractivity contribution in [3.05, 3.63) is 41.2 Å². The van der Waals surface area contributed by atoms with Crippen LogP contribution in [0.5, 0.6) is 11.5 Å². The molecular weight excluding hydrogens is 306 g/mol. The first kappa shape index (κ1) is 15.9. The van der Waals surface area contributed by atoms with Gasteiger partial charge < -0.3 is 14.8 Å². The Bertz CT molecular complexity index is 710. The van der Waals surface area contributed by atoms with Gasteiger partial charge in [-0.3, -0.25) is 9.48 Å². The van der Waals surface area contributed by atoms with Gasteiger partial charge in [-0.15, -0.1) is 0 Å². The number of anilines is 1. The van der Waals surface area contributed by atoms with Gasteiger partial charge in [-0.2, -0.15) is 5.10 Å². The summed E-state index contributed by atoms with van der Waals surface area (Å²) >= 11 is 6.11. The summed E-state index contributed by atoms with van der Waals surface area (Å²) in [5.41, 5.74) is 1.27. The highest BCUT2D eigenvalue weighted by atomic mass is 35.5. The zero-order chi connectivity index (χ0) is 16.1. The van der Waals surface area contributed by atoms with Gasteiger partial charge in [0.1, 0.15) is 0 Å². The maximum Gasteiger partial charge on any atom is 0.248 e. The fourth-order valence-corrected chi connectivity index (χ4v) is 2.02. The zero-order valence-corrected chi connectivity index (χ0v) is 13.2. The lowest BCUT2D eigenvalue weighted by atomic mass is 10.2. The molecule has 1 amide bonds. The summed E-state index contributed by atoms with van der Waals surface area (Å²) in [4.78, 5) is 11.9. The molecule has 0 saturated carbocycles. The van der Waals surface area contributed by atoms with Crippen LogP contribution >= 0.6 is 11.6 Å². The molecule has 0 aliphatic rings. The molecule has 116 valence electrons. The number of nitrogens with one attached hydrogen (secondary N) is 1. The lowest BCUT2D eigenvalue weighted by Crippen LogP contribution is -2.08. The summed E-state index contributed by atoms with van der Waals surface area (Å²) in [5, 5.41) is 7.07. The first-order chi connectivity index (χ1) is 10.5. The summed E-state index contributed by atoms with van der Waals surface area (Å²) in [7, 11) is 4.84. The van der Waals surface area contributed by atoms with Gasteiger partial charge in [0.05, 0.1) is 31.1 Å². The maximum atomic E-state index is 11.9. The van der Waals surface area contributed by atoms with Crippen LogP contribution in [0.3, 0.4) is 0 Å². The smallest absolute Gasteiger partial charge is 0.248 e. The van der Waals surface area contributed by atoms with E-state index in [9.17, 15) is 4.79 Å². The summed E-state index contributed by atoms with van der Waals surface area (Å²) in [6.45, 7) is 0. The Balaban J connectivity index is 2.12. The molecule has 0 unspecified atom stereocenters. The summed E-state index contributed by atoms with van der Waals surface area (Å²) in [5.74, 6) is 0.674. The van der Waals surface area contributed by atoms with Crippen molar-refractivity contribution in [3.8, 4) is 11.5 Å². The number of carbonyl (C=O) groups excluding carboxylic acids is 1. The number of benzene rings is 1. The lowest BCUT2D eigenvalue weighted by molar-refractivity contribution is -0.111. The number of amides is 1. The molecule has 0 bridgehead atoms. The molecule has 7 heteroatoms. The third kappa shape index (κ3) is 3.79. The number of methoxy groups -OCH3 is 2. The quantitative estimate of drug-likeness (QED) is 0.860. The van der Waals surface area contributed by atoms with Gasteiger partial charge in [-0.05, 0) is 6.08 Å². The fraction of sp³-hybridized carbons (Fsp3) is 0.200. The number of aryl methyl sites for hydroxylation is 1. The van der Waals surface area contributed by atoms with E-state index in [1.165, 1.54) is 20.3 Å². The number of carbonyl (C=O) groups is 1. The van der Waals surface area contributed by atoms with Crippen LogP contribution in [0.1, 0.15) is 5.56 Å². The van der Waals surface area contributed by atoms with Gasteiger partial charge in [0.2, 0.25) is 5.91 Å². The third-order valence-corrected chi connectivity index (χ3v) is 3.20. The third-order valence-electron chi connectivity index (χ3n) is 2.88. The molecular formula is C15H16ClN3O3. The van der Waals surface area contributed by atoms with Crippen molar-refractivity contribution in [2.45, 2.75) is 0 Å². The van der Waals surface area contributed by atoms with Gasteiger partial charge in [0.15, 0.2) is 11.5 Å². The van der Waals surface area contributed by atoms with Crippen molar-refractivity contribution in [2.75, 3.05) is 19.5 Å². The van der Waals surface area contributed by atoms with Gasteiger partial charge in [0, 0.05) is 37.0 Å². The molecule has 6 nitrogen and oxygen atoms in total. The first-order valence-corrected chi connectivity index (χ1v) is 6.80. The molecule has 1 aromatic carbocycles. The SMILES string of the molecule is COc1cc(Cl)c(NC(=O)/C=C/c2cnn(C)c2)cc1OC. The second-order valence-electron chi connectivity index (χ2n) is 4.46. The minimum absolute atomic E-state index is 0.307. The molecule has 0 aliphatic heterocycles. The molecule has 0 atom stereocenters. The van der Waals surface area contributed by atoms with Crippen LogP contribution in [0, 0.1) is 0 Å². The largest absolute Gasteiger partial charge is 0.493 e. The lowest BCUT2D eigenvalue weighted by Gasteiger charge is -2.11. The summed E-state index contributed by atoms with van der Waals surface area (Å²) < 4.78 is 12.0. The van der Waals surface area contributed by atoms with Gasteiger partial charge >= 0.3 is 0 Å². The highest BCUT2D eigenvalue weighted by molar-refractivity contribution is 6.34. The van der Waals surface area contributed by atoms with Crippen molar-refractivity contribution in [1.82, 2.24) is 9.78 Å². The fourth-order valence-electron chi connectivity index (χ4n) is 1.82. The second kappa shape index (κ2) is 7.00. The average Bonchev–Trinajstić information content (AvgIpc) is 2.92. The minimum Gasteiger partial charge on any atom is -0.493 e. The molecule has 22 heavy (non-hydrogen) atoms. The number of nitrogens with zero attached hydrogens (tertiary/aromatic N) is 2. The molecule has 0 spiro atoms. The zero-order valence-electron chi connectivity index (χ0n) is 12.5. The van der Waals surface area contributed by atoms with Crippen LogP contribution in [-0.4, -0.2) is 29.9 Å². The van der Waals surface area contributed by atoms with E-state index < -0.39 is 0 Å². The van der Waals surface area contributed by atoms with E-state index in [1.54, 1.807) is 42.3 Å². The predicted octanol–water partition coefficient (Wildman–Crippen LogP) is 2.74. The van der Waals surface area contributed by atoms with Crippen LogP contribution < -0.4 is 14.8 Å². The number of rotatable bonds is 5. The highest BCUT2D eigenvalue weighted by Gasteiger charge is 2.11. The van der Waals surface area contributed by atoms with Gasteiger partial charge in [-0.1, -0.05) is 11.6 Å². The topological polar surface area (TPSA) is 65.4 Å². The Labute approximate surface area is 133 Å². The molecule has 2 aromatic rings. The standard InChI is InChI=1S/C15H16ClN3O3/c1-19-9-10(8-17-19)4-5-15(20)18-12-7-14(22-3)13(21-2)6-11(12)16/h4-9H,1-3H3,(H,18,20)/b5-4+. The minimum atomic E-state index is -0.307. The monoisotopic (exact) mass is 321 g/mol. The first-order valence-electron chi connectivity index (χ1n) is 6.42. The second-order valence-corrected chi connectivity index (χ2v) is 4.86. The van der Waals surface area contributed by atoms with Crippen LogP contribution in [0.25, 0.3) is 6.08 Å². The van der Waals surface area contributed by atoms with E-state index in [0.717, 1.165) is 5.56 Å². The molecule has 0 aliphatic carbocycles. The molecule has 1 heterocycles. The van der Waals surface area contributed by atoms with E-state index in [-0.39, 0.29) is 5.91 Å². The number of hydrogen-bond acceptors (Lipinski definition) is 4. The molecule has 0 radical (unpaired) electrons. The Kier molecular flexibility index (Phi) is 5.06. The van der Waals surface area contributed by atoms with Crippen LogP contribution in [0.4, 0.5) is 5.69 Å². The average molecular weight is 322 g/mol. The predicted molar refractivity (Wildman–Crippen MR) is 85.4 cm³/mol. The Hall–Kier alpha value is -2.47. The number of hydrogen-bond donors (Lipinski definition) is 1. The van der Waals surface area contributed by atoms with E-state index >= 15 is 0 Å². The molecule has 0 saturated heterocycles. The van der Waals surface area contributed by atoms with Crippen LogP contribution in [0.2, 0.25) is 5.02 Å². The van der Waals surface area contributed by atoms with Crippen molar-refractivity contribution in [2.24, 2.45) is 7.05 Å². The highest BCUT2D eigenvalue weighted by Crippen LogP contribution is 2.35. The molecule has 0 fully saturated rings. The number of ether oxygens (including phenoxy) is 2. The number of halogens is 1. The molecule has 2 rings (SSSR count). The van der Waals surface area contributed by atoms with E-state index in [4.69, 9.17) is 21.1 Å². The molecule has 1 aromatic heterocycles. The summed E-state index contributed by atoms with van der Waals surface area (Å²) in [6, 6.07) is 3.19. The van der Waals surface area contributed by atoms with Crippen molar-refractivity contribution in [3.63, 3.8) is 0 Å². The van der Waals surface area contributed by atoms with E-state index in [0.29, 0.717) is 22.2 Å². The molecule has 1 N–H and O–H groups in total. The van der Waals surface area contributed by atoms with E-state index in [2.05, 4.69) is 10.4 Å². The van der Waals surface area contributed by atoms with Gasteiger partial charge in [0.25, 0.3) is 0 Å². The summed E-state index contributed by atoms with van der Waals surface area (Å²) in [6.07, 6.45) is 6.53. The Morgan fingerprint density at radius 1 is 1.32 bits per heavy atom. The van der Waals surface area contributed by atoms with Crippen molar-refractivity contribution < 1.29 is 14.3 Å². The van der Waals surface area contributed by atoms with E-state index in [1.807, 2.05) is 0 Å². The van der Waals surface area contributed by atoms with Crippen LogP contribution in [-0.2, 0) is 11.8 Å². The van der Waals surface area contributed by atoms with Crippen LogP contribution in [0.15, 0.2) is 30.6 Å².